The van der Waals surface area contributed by atoms with Gasteiger partial charge in [0.1, 0.15) is 0 Å². The van der Waals surface area contributed by atoms with Crippen LogP contribution in [0.2, 0.25) is 0 Å². The van der Waals surface area contributed by atoms with Gasteiger partial charge in [0.2, 0.25) is 5.76 Å². The fourth-order valence-electron chi connectivity index (χ4n) is 2.05. The summed E-state index contributed by atoms with van der Waals surface area (Å²) in [6.45, 7) is 0. The quantitative estimate of drug-likeness (QED) is 0.650. The third-order valence-electron chi connectivity index (χ3n) is 3.06. The highest BCUT2D eigenvalue weighted by Crippen LogP contribution is 2.26. The van der Waals surface area contributed by atoms with E-state index in [1.165, 1.54) is 0 Å². The van der Waals surface area contributed by atoms with Crippen LogP contribution in [0.3, 0.4) is 0 Å². The molecule has 3 rings (SSSR count). The summed E-state index contributed by atoms with van der Waals surface area (Å²) < 4.78 is 11.3. The molecule has 110 valence electrons. The average Bonchev–Trinajstić information content (AvgIpc) is 3.01. The summed E-state index contributed by atoms with van der Waals surface area (Å²) in [6.07, 6.45) is 1.08. The van der Waals surface area contributed by atoms with Crippen LogP contribution in [0.5, 0.6) is 0 Å². The molecule has 0 aliphatic heterocycles. The Morgan fingerprint density at radius 2 is 1.82 bits per heavy atom. The molecule has 0 N–H and O–H groups in total. The number of nitrogens with zero attached hydrogens (tertiary/aromatic N) is 1. The molecule has 2 aromatic heterocycles. The van der Waals surface area contributed by atoms with Gasteiger partial charge in [-0.15, -0.1) is 0 Å². The Bertz CT molecular complexity index is 716. The van der Waals surface area contributed by atoms with Gasteiger partial charge in [0.25, 0.3) is 0 Å². The SMILES string of the molecule is O=C(OC(c1ccccc1)c1ccccn1)c1ccc(Br)o1. The van der Waals surface area contributed by atoms with E-state index in [4.69, 9.17) is 9.15 Å². The number of rotatable bonds is 4. The van der Waals surface area contributed by atoms with Crippen LogP contribution in [-0.2, 0) is 4.74 Å². The van der Waals surface area contributed by atoms with Gasteiger partial charge >= 0.3 is 5.97 Å². The lowest BCUT2D eigenvalue weighted by atomic mass is 10.1. The van der Waals surface area contributed by atoms with E-state index in [-0.39, 0.29) is 5.76 Å². The largest absolute Gasteiger partial charge is 0.445 e. The van der Waals surface area contributed by atoms with Crippen LogP contribution < -0.4 is 0 Å². The fourth-order valence-corrected chi connectivity index (χ4v) is 2.35. The first-order valence-corrected chi connectivity index (χ1v) is 7.45. The Morgan fingerprint density at radius 1 is 1.05 bits per heavy atom. The van der Waals surface area contributed by atoms with Crippen molar-refractivity contribution in [2.45, 2.75) is 6.10 Å². The number of carbonyl (C=O) groups is 1. The van der Waals surface area contributed by atoms with Crippen molar-refractivity contribution in [1.29, 1.82) is 0 Å². The number of benzene rings is 1. The number of furan rings is 1. The molecule has 0 aliphatic carbocycles. The smallest absolute Gasteiger partial charge is 0.375 e. The van der Waals surface area contributed by atoms with Crippen molar-refractivity contribution in [1.82, 2.24) is 4.98 Å². The first-order valence-electron chi connectivity index (χ1n) is 6.66. The molecular weight excluding hydrogens is 346 g/mol. The van der Waals surface area contributed by atoms with E-state index < -0.39 is 12.1 Å². The molecule has 0 spiro atoms. The number of carbonyl (C=O) groups excluding carboxylic acids is 1. The summed E-state index contributed by atoms with van der Waals surface area (Å²) in [7, 11) is 0. The molecule has 0 amide bonds. The monoisotopic (exact) mass is 357 g/mol. The molecule has 1 aromatic carbocycles. The lowest BCUT2D eigenvalue weighted by Crippen LogP contribution is -2.13. The van der Waals surface area contributed by atoms with Gasteiger partial charge in [-0.25, -0.2) is 4.79 Å². The van der Waals surface area contributed by atoms with E-state index >= 15 is 0 Å². The molecule has 0 fully saturated rings. The number of ether oxygens (including phenoxy) is 1. The Balaban J connectivity index is 1.91. The van der Waals surface area contributed by atoms with Gasteiger partial charge in [0, 0.05) is 6.20 Å². The maximum Gasteiger partial charge on any atom is 0.375 e. The van der Waals surface area contributed by atoms with E-state index in [2.05, 4.69) is 20.9 Å². The normalized spacial score (nSPS) is 11.9. The summed E-state index contributed by atoms with van der Waals surface area (Å²) in [5, 5.41) is 0. The molecule has 2 heterocycles. The average molecular weight is 358 g/mol. The second-order valence-corrected chi connectivity index (χ2v) is 5.34. The van der Waals surface area contributed by atoms with Gasteiger partial charge < -0.3 is 9.15 Å². The minimum Gasteiger partial charge on any atom is -0.445 e. The maximum absolute atomic E-state index is 12.3. The van der Waals surface area contributed by atoms with Crippen molar-refractivity contribution in [3.05, 3.63) is 88.5 Å². The van der Waals surface area contributed by atoms with Crippen LogP contribution in [0.4, 0.5) is 0 Å². The van der Waals surface area contributed by atoms with Gasteiger partial charge in [-0.05, 0) is 45.8 Å². The van der Waals surface area contributed by atoms with Crippen LogP contribution in [0, 0.1) is 0 Å². The van der Waals surface area contributed by atoms with E-state index in [9.17, 15) is 4.79 Å². The van der Waals surface area contributed by atoms with Gasteiger partial charge in [0.15, 0.2) is 10.8 Å². The zero-order chi connectivity index (χ0) is 15.4. The van der Waals surface area contributed by atoms with E-state index in [0.717, 1.165) is 5.56 Å². The molecule has 0 aliphatic rings. The van der Waals surface area contributed by atoms with Crippen molar-refractivity contribution in [3.63, 3.8) is 0 Å². The van der Waals surface area contributed by atoms with Crippen LogP contribution in [0.15, 0.2) is 75.9 Å². The Hall–Kier alpha value is -2.40. The van der Waals surface area contributed by atoms with Gasteiger partial charge in [-0.1, -0.05) is 36.4 Å². The molecule has 1 unspecified atom stereocenters. The third-order valence-corrected chi connectivity index (χ3v) is 3.48. The summed E-state index contributed by atoms with van der Waals surface area (Å²) in [4.78, 5) is 16.5. The molecule has 0 saturated heterocycles. The molecule has 5 heteroatoms. The Morgan fingerprint density at radius 3 is 2.45 bits per heavy atom. The molecule has 3 aromatic rings. The number of hydrogen-bond donors (Lipinski definition) is 0. The van der Waals surface area contributed by atoms with Crippen molar-refractivity contribution in [2.75, 3.05) is 0 Å². The predicted molar refractivity (Wildman–Crippen MR) is 84.3 cm³/mol. The second-order valence-electron chi connectivity index (χ2n) is 4.55. The Kier molecular flexibility index (Phi) is 4.34. The highest BCUT2D eigenvalue weighted by atomic mass is 79.9. The highest BCUT2D eigenvalue weighted by Gasteiger charge is 2.22. The molecule has 1 atom stereocenters. The second kappa shape index (κ2) is 6.58. The minimum absolute atomic E-state index is 0.142. The molecule has 0 bridgehead atoms. The van der Waals surface area contributed by atoms with Gasteiger partial charge in [-0.2, -0.15) is 0 Å². The third kappa shape index (κ3) is 3.26. The summed E-state index contributed by atoms with van der Waals surface area (Å²) in [6, 6.07) is 18.2. The van der Waals surface area contributed by atoms with E-state index in [1.54, 1.807) is 18.3 Å². The van der Waals surface area contributed by atoms with Crippen LogP contribution >= 0.6 is 15.9 Å². The number of esters is 1. The molecule has 4 nitrogen and oxygen atoms in total. The van der Waals surface area contributed by atoms with Crippen molar-refractivity contribution in [3.8, 4) is 0 Å². The van der Waals surface area contributed by atoms with Crippen LogP contribution in [0.1, 0.15) is 27.9 Å². The van der Waals surface area contributed by atoms with Gasteiger partial charge in [-0.3, -0.25) is 4.98 Å². The maximum atomic E-state index is 12.3. The summed E-state index contributed by atoms with van der Waals surface area (Å²) in [5.41, 5.74) is 1.51. The number of halogens is 1. The van der Waals surface area contributed by atoms with E-state index in [0.29, 0.717) is 10.4 Å². The zero-order valence-corrected chi connectivity index (χ0v) is 13.1. The lowest BCUT2D eigenvalue weighted by molar-refractivity contribution is 0.0333. The van der Waals surface area contributed by atoms with Crippen molar-refractivity contribution >= 4 is 21.9 Å². The molecule has 0 radical (unpaired) electrons. The summed E-state index contributed by atoms with van der Waals surface area (Å²) >= 11 is 3.17. The molecular formula is C17H12BrNO3. The molecule has 0 saturated carbocycles. The topological polar surface area (TPSA) is 52.3 Å². The van der Waals surface area contributed by atoms with Crippen molar-refractivity contribution < 1.29 is 13.9 Å². The zero-order valence-electron chi connectivity index (χ0n) is 11.5. The minimum atomic E-state index is -0.584. The number of aromatic nitrogens is 1. The first kappa shape index (κ1) is 14.5. The summed E-state index contributed by atoms with van der Waals surface area (Å²) in [5.74, 6) is -0.394. The first-order chi connectivity index (χ1) is 10.7. The van der Waals surface area contributed by atoms with Crippen LogP contribution in [0.25, 0.3) is 0 Å². The van der Waals surface area contributed by atoms with Crippen LogP contribution in [-0.4, -0.2) is 11.0 Å². The lowest BCUT2D eigenvalue weighted by Gasteiger charge is -2.17. The number of pyridine rings is 1. The Labute approximate surface area is 135 Å². The number of hydrogen-bond acceptors (Lipinski definition) is 4. The predicted octanol–water partition coefficient (Wildman–Crippen LogP) is 4.38. The van der Waals surface area contributed by atoms with Gasteiger partial charge in [0.05, 0.1) is 5.69 Å². The molecule has 22 heavy (non-hydrogen) atoms. The highest BCUT2D eigenvalue weighted by molar-refractivity contribution is 9.10. The van der Waals surface area contributed by atoms with E-state index in [1.807, 2.05) is 48.5 Å². The van der Waals surface area contributed by atoms with Crippen molar-refractivity contribution in [2.24, 2.45) is 0 Å². The fraction of sp³-hybridized carbons (Fsp3) is 0.0588. The standard InChI is InChI=1S/C17H12BrNO3/c18-15-10-9-14(21-15)17(20)22-16(12-6-2-1-3-7-12)13-8-4-5-11-19-13/h1-11,16H.